The van der Waals surface area contributed by atoms with Crippen molar-refractivity contribution in [3.05, 3.63) is 24.0 Å². The van der Waals surface area contributed by atoms with Crippen LogP contribution in [0.25, 0.3) is 0 Å². The molecule has 1 N–H and O–H groups in total. The van der Waals surface area contributed by atoms with Gasteiger partial charge in [0.1, 0.15) is 15.5 Å². The number of unbranched alkanes of at least 4 members (excludes halogenated alkanes) is 1. The minimum atomic E-state index is -2.40. The second-order valence-corrected chi connectivity index (χ2v) is 27.5. The zero-order valence-electron chi connectivity index (χ0n) is 22.0. The molecule has 0 aliphatic rings. The van der Waals surface area contributed by atoms with Crippen LogP contribution in [0, 0.1) is 5.82 Å². The topological polar surface area (TPSA) is 66.4 Å². The summed E-state index contributed by atoms with van der Waals surface area (Å²) in [6.45, 7) is 19.7. The smallest absolute Gasteiger partial charge is 0.314 e. The number of phenolic OH excluding ortho intramolecular Hbond substituents is 1. The number of rotatable bonds is 16. The van der Waals surface area contributed by atoms with Gasteiger partial charge in [-0.15, -0.1) is 0 Å². The van der Waals surface area contributed by atoms with Crippen LogP contribution in [0.3, 0.4) is 0 Å². The van der Waals surface area contributed by atoms with Crippen molar-refractivity contribution < 1.29 is 30.7 Å². The van der Waals surface area contributed by atoms with Gasteiger partial charge in [0, 0.05) is 6.07 Å². The average molecular weight is 553 g/mol. The SMILES string of the molecule is CCCC[SiH2]O[Si](C)(C)O[Si](C)(C)O[Si](C)(C)O[Si](C)(C)CCCOc1ccc(O)c(F)c1. The van der Waals surface area contributed by atoms with E-state index in [1.807, 2.05) is 0 Å². The fraction of sp³-hybridized carbons (Fsp3) is 0.714. The molecule has 0 atom stereocenters. The van der Waals surface area contributed by atoms with Gasteiger partial charge in [0.2, 0.25) is 0 Å². The van der Waals surface area contributed by atoms with Crippen LogP contribution < -0.4 is 4.74 Å². The molecule has 0 radical (unpaired) electrons. The Hall–Kier alpha value is -0.326. The summed E-state index contributed by atoms with van der Waals surface area (Å²) in [4.78, 5) is 0. The third kappa shape index (κ3) is 13.4. The van der Waals surface area contributed by atoms with Gasteiger partial charge in [-0.25, -0.2) is 4.39 Å². The van der Waals surface area contributed by atoms with E-state index in [4.69, 9.17) is 21.2 Å². The van der Waals surface area contributed by atoms with Crippen LogP contribution in [-0.4, -0.2) is 55.5 Å². The summed E-state index contributed by atoms with van der Waals surface area (Å²) in [5, 5.41) is 9.27. The van der Waals surface area contributed by atoms with E-state index in [0.29, 0.717) is 12.4 Å². The van der Waals surface area contributed by atoms with Gasteiger partial charge in [-0.3, -0.25) is 0 Å². The highest BCUT2D eigenvalue weighted by Gasteiger charge is 2.43. The Bertz CT molecular complexity index is 733. The summed E-state index contributed by atoms with van der Waals surface area (Å²) in [6.07, 6.45) is 3.25. The summed E-state index contributed by atoms with van der Waals surface area (Å²) in [5.74, 6) is -0.632. The van der Waals surface area contributed by atoms with Crippen LogP contribution in [0.5, 0.6) is 11.5 Å². The maximum atomic E-state index is 13.4. The summed E-state index contributed by atoms with van der Waals surface area (Å²) < 4.78 is 45.0. The predicted octanol–water partition coefficient (Wildman–Crippen LogP) is 5.98. The minimum absolute atomic E-state index is 0.372. The summed E-state index contributed by atoms with van der Waals surface area (Å²) in [5.41, 5.74) is 0. The number of aromatic hydroxyl groups is 1. The lowest BCUT2D eigenvalue weighted by Gasteiger charge is -2.40. The Morgan fingerprint density at radius 2 is 1.48 bits per heavy atom. The van der Waals surface area contributed by atoms with E-state index in [1.54, 1.807) is 6.07 Å². The summed E-state index contributed by atoms with van der Waals surface area (Å²) in [6, 6.07) is 6.17. The van der Waals surface area contributed by atoms with Crippen molar-refractivity contribution >= 4 is 43.8 Å². The number of ether oxygens (including phenoxy) is 1. The molecule has 1 aromatic rings. The molecule has 0 amide bonds. The predicted molar refractivity (Wildman–Crippen MR) is 146 cm³/mol. The molecule has 0 aromatic heterocycles. The molecule has 12 heteroatoms. The molecule has 1 rings (SSSR count). The largest absolute Gasteiger partial charge is 0.505 e. The first-order valence-electron chi connectivity index (χ1n) is 11.9. The van der Waals surface area contributed by atoms with Gasteiger partial charge in [-0.2, -0.15) is 0 Å². The van der Waals surface area contributed by atoms with Gasteiger partial charge in [0.15, 0.2) is 19.9 Å². The van der Waals surface area contributed by atoms with E-state index in [2.05, 4.69) is 59.3 Å². The monoisotopic (exact) mass is 552 g/mol. The van der Waals surface area contributed by atoms with E-state index >= 15 is 0 Å². The highest BCUT2D eigenvalue weighted by atomic mass is 28.5. The summed E-state index contributed by atoms with van der Waals surface area (Å²) in [7, 11) is -9.51. The van der Waals surface area contributed by atoms with Gasteiger partial charge in [0.25, 0.3) is 0 Å². The second kappa shape index (κ2) is 13.1. The van der Waals surface area contributed by atoms with Gasteiger partial charge in [-0.1, -0.05) is 19.8 Å². The number of benzene rings is 1. The standard InChI is InChI=1S/C21H45FO6Si5/c1-10-11-16-29-25-31(4,5)27-33(8,9)28-32(6,7)26-30(2,3)17-12-15-24-19-13-14-21(23)20(22)18-19/h13-14,18,23H,10-12,15-17,29H2,1-9H3. The van der Waals surface area contributed by atoms with Crippen molar-refractivity contribution in [2.24, 2.45) is 0 Å². The van der Waals surface area contributed by atoms with E-state index in [-0.39, 0.29) is 5.75 Å². The van der Waals surface area contributed by atoms with Crippen molar-refractivity contribution in [3.63, 3.8) is 0 Å². The first-order valence-corrected chi connectivity index (χ1v) is 25.1. The first-order chi connectivity index (χ1) is 15.1. The molecular weight excluding hydrogens is 508 g/mol. The van der Waals surface area contributed by atoms with Gasteiger partial charge >= 0.3 is 25.7 Å². The second-order valence-electron chi connectivity index (χ2n) is 10.4. The maximum Gasteiger partial charge on any atom is 0.314 e. The van der Waals surface area contributed by atoms with Gasteiger partial charge in [-0.05, 0) is 83.0 Å². The lowest BCUT2D eigenvalue weighted by molar-refractivity contribution is 0.297. The first kappa shape index (κ1) is 30.7. The molecule has 33 heavy (non-hydrogen) atoms. The molecule has 0 unspecified atom stereocenters. The van der Waals surface area contributed by atoms with E-state index < -0.39 is 49.6 Å². The van der Waals surface area contributed by atoms with Crippen LogP contribution in [-0.2, 0) is 16.5 Å². The van der Waals surface area contributed by atoms with Crippen LogP contribution in [0.2, 0.25) is 64.5 Å². The van der Waals surface area contributed by atoms with E-state index in [0.717, 1.165) is 12.5 Å². The molecule has 192 valence electrons. The third-order valence-corrected chi connectivity index (χ3v) is 22.8. The molecule has 0 saturated carbocycles. The Kier molecular flexibility index (Phi) is 12.2. The van der Waals surface area contributed by atoms with Crippen LogP contribution in [0.1, 0.15) is 26.2 Å². The highest BCUT2D eigenvalue weighted by Crippen LogP contribution is 2.27. The number of halogens is 1. The lowest BCUT2D eigenvalue weighted by Crippen LogP contribution is -2.57. The van der Waals surface area contributed by atoms with Crippen molar-refractivity contribution in [2.75, 3.05) is 6.61 Å². The van der Waals surface area contributed by atoms with Crippen LogP contribution in [0.4, 0.5) is 4.39 Å². The Labute approximate surface area is 207 Å². The van der Waals surface area contributed by atoms with Crippen LogP contribution >= 0.6 is 0 Å². The van der Waals surface area contributed by atoms with E-state index in [1.165, 1.54) is 31.0 Å². The average Bonchev–Trinajstić information content (AvgIpc) is 2.62. The molecular formula is C21H45FO6Si5. The molecule has 0 saturated heterocycles. The molecule has 6 nitrogen and oxygen atoms in total. The highest BCUT2D eigenvalue weighted by molar-refractivity contribution is 6.89. The van der Waals surface area contributed by atoms with Gasteiger partial charge in [0.05, 0.1) is 6.61 Å². The molecule has 0 aliphatic carbocycles. The quantitative estimate of drug-likeness (QED) is 0.201. The summed E-state index contributed by atoms with van der Waals surface area (Å²) >= 11 is 0. The fourth-order valence-corrected chi connectivity index (χ4v) is 25.2. The van der Waals surface area contributed by atoms with Crippen LogP contribution in [0.15, 0.2) is 18.2 Å². The zero-order chi connectivity index (χ0) is 25.3. The normalized spacial score (nSPS) is 13.8. The third-order valence-electron chi connectivity index (χ3n) is 4.81. The lowest BCUT2D eigenvalue weighted by atomic mass is 10.3. The van der Waals surface area contributed by atoms with Gasteiger partial charge < -0.3 is 26.3 Å². The van der Waals surface area contributed by atoms with E-state index in [9.17, 15) is 9.50 Å². The molecule has 0 bridgehead atoms. The molecule has 1 aromatic carbocycles. The molecule has 0 heterocycles. The van der Waals surface area contributed by atoms with Crippen molar-refractivity contribution in [3.8, 4) is 11.5 Å². The number of phenols is 1. The minimum Gasteiger partial charge on any atom is -0.505 e. The Morgan fingerprint density at radius 3 is 2.09 bits per heavy atom. The Morgan fingerprint density at radius 1 is 0.879 bits per heavy atom. The van der Waals surface area contributed by atoms with Crippen molar-refractivity contribution in [2.45, 2.75) is 90.7 Å². The number of hydrogen-bond donors (Lipinski definition) is 1. The zero-order valence-corrected chi connectivity index (χ0v) is 27.5. The molecule has 0 fully saturated rings. The van der Waals surface area contributed by atoms with Crippen molar-refractivity contribution in [1.82, 2.24) is 0 Å². The maximum absolute atomic E-state index is 13.4. The number of hydrogen-bond acceptors (Lipinski definition) is 6. The van der Waals surface area contributed by atoms with Crippen molar-refractivity contribution in [1.29, 1.82) is 0 Å². The Balaban J connectivity index is 2.51. The molecule has 0 spiro atoms. The molecule has 0 aliphatic heterocycles. The fourth-order valence-electron chi connectivity index (χ4n) is 3.91.